The number of rotatable bonds is 4. The molecule has 4 nitrogen and oxygen atoms in total. The molecule has 31 heavy (non-hydrogen) atoms. The van der Waals surface area contributed by atoms with Crippen molar-refractivity contribution in [3.05, 3.63) is 100.0 Å². The number of halogens is 4. The van der Waals surface area contributed by atoms with E-state index in [1.807, 2.05) is 6.92 Å². The molecule has 0 fully saturated rings. The number of carbonyl (C=O) groups is 2. The van der Waals surface area contributed by atoms with Crippen molar-refractivity contribution in [3.8, 4) is 0 Å². The fourth-order valence-corrected chi connectivity index (χ4v) is 3.38. The highest BCUT2D eigenvalue weighted by Crippen LogP contribution is 2.34. The van der Waals surface area contributed by atoms with Gasteiger partial charge in [-0.2, -0.15) is 0 Å². The second-order valence-electron chi connectivity index (χ2n) is 6.89. The van der Waals surface area contributed by atoms with Gasteiger partial charge in [0.05, 0.1) is 11.3 Å². The number of carbonyl (C=O) groups excluding carboxylic acids is 2. The third-order valence-electron chi connectivity index (χ3n) is 4.82. The maximum atomic E-state index is 13.8. The van der Waals surface area contributed by atoms with Gasteiger partial charge >= 0.3 is 0 Å². The third kappa shape index (κ3) is 3.80. The van der Waals surface area contributed by atoms with Crippen molar-refractivity contribution >= 4 is 40.4 Å². The number of aryl methyl sites for hydroxylation is 1. The lowest BCUT2D eigenvalue weighted by atomic mass is 10.0. The quantitative estimate of drug-likeness (QED) is 0.546. The average molecular weight is 443 g/mol. The van der Waals surface area contributed by atoms with E-state index in [1.165, 1.54) is 12.1 Å². The first-order valence-corrected chi connectivity index (χ1v) is 9.51. The Morgan fingerprint density at radius 2 is 1.55 bits per heavy atom. The Kier molecular flexibility index (Phi) is 5.29. The lowest BCUT2D eigenvalue weighted by Gasteiger charge is -2.15. The maximum Gasteiger partial charge on any atom is 0.282 e. The fraction of sp³-hybridized carbons (Fsp3) is 0.0435. The second-order valence-corrected chi connectivity index (χ2v) is 7.30. The molecular formula is C23H14ClF3N2O2. The molecule has 4 rings (SSSR count). The molecule has 3 aromatic rings. The zero-order valence-corrected chi connectivity index (χ0v) is 16.8. The summed E-state index contributed by atoms with van der Waals surface area (Å²) in [5.74, 6) is -4.36. The Labute approximate surface area is 180 Å². The monoisotopic (exact) mass is 442 g/mol. The molecule has 1 aliphatic rings. The van der Waals surface area contributed by atoms with Crippen molar-refractivity contribution in [3.63, 3.8) is 0 Å². The van der Waals surface area contributed by atoms with Gasteiger partial charge in [-0.3, -0.25) is 9.59 Å². The number of hydrogen-bond acceptors (Lipinski definition) is 3. The van der Waals surface area contributed by atoms with Crippen LogP contribution in [0.4, 0.5) is 24.5 Å². The van der Waals surface area contributed by atoms with E-state index >= 15 is 0 Å². The maximum absolute atomic E-state index is 13.8. The summed E-state index contributed by atoms with van der Waals surface area (Å²) in [6.07, 6.45) is 0. The van der Waals surface area contributed by atoms with Crippen LogP contribution in [0.3, 0.4) is 0 Å². The summed E-state index contributed by atoms with van der Waals surface area (Å²) in [4.78, 5) is 27.1. The molecule has 0 atom stereocenters. The van der Waals surface area contributed by atoms with E-state index in [9.17, 15) is 22.8 Å². The summed E-state index contributed by atoms with van der Waals surface area (Å²) < 4.78 is 40.5. The summed E-state index contributed by atoms with van der Waals surface area (Å²) in [6.45, 7) is 1.81. The van der Waals surface area contributed by atoms with Crippen molar-refractivity contribution in [2.75, 3.05) is 10.2 Å². The Balaban J connectivity index is 1.83. The van der Waals surface area contributed by atoms with E-state index in [0.717, 1.165) is 40.8 Å². The van der Waals surface area contributed by atoms with Gasteiger partial charge in [0.15, 0.2) is 11.6 Å². The molecule has 0 saturated heterocycles. The lowest BCUT2D eigenvalue weighted by molar-refractivity contribution is -0.120. The number of nitrogens with one attached hydrogen (secondary N) is 1. The van der Waals surface area contributed by atoms with Crippen LogP contribution in [0, 0.1) is 24.4 Å². The smallest absolute Gasteiger partial charge is 0.282 e. The van der Waals surface area contributed by atoms with Gasteiger partial charge in [-0.25, -0.2) is 18.1 Å². The van der Waals surface area contributed by atoms with Gasteiger partial charge in [-0.15, -0.1) is 0 Å². The predicted molar refractivity (Wildman–Crippen MR) is 112 cm³/mol. The summed E-state index contributed by atoms with van der Waals surface area (Å²) in [6, 6.07) is 12.7. The van der Waals surface area contributed by atoms with E-state index in [0.29, 0.717) is 10.7 Å². The third-order valence-corrected chi connectivity index (χ3v) is 5.23. The normalized spacial score (nSPS) is 13.9. The summed E-state index contributed by atoms with van der Waals surface area (Å²) in [5, 5.41) is 3.35. The van der Waals surface area contributed by atoms with Crippen molar-refractivity contribution in [1.82, 2.24) is 0 Å². The second kappa shape index (κ2) is 7.92. The van der Waals surface area contributed by atoms with E-state index < -0.39 is 29.3 Å². The molecule has 1 aliphatic heterocycles. The predicted octanol–water partition coefficient (Wildman–Crippen LogP) is 5.46. The molecule has 1 heterocycles. The molecule has 0 unspecified atom stereocenters. The van der Waals surface area contributed by atoms with E-state index in [4.69, 9.17) is 11.6 Å². The summed E-state index contributed by atoms with van der Waals surface area (Å²) in [7, 11) is 0. The van der Waals surface area contributed by atoms with Crippen LogP contribution in [0.5, 0.6) is 0 Å². The summed E-state index contributed by atoms with van der Waals surface area (Å²) in [5.41, 5.74) is 1.28. The highest BCUT2D eigenvalue weighted by Gasteiger charge is 2.40. The molecule has 0 aliphatic carbocycles. The standard InChI is InChI=1S/C23H14ClF3N2O2/c1-12-2-7-15(10-17(12)24)28-21-20(13-3-5-14(25)6-4-13)22(30)29(23(21)31)16-8-9-18(26)19(27)11-16/h2-11,28H,1H3. The highest BCUT2D eigenvalue weighted by molar-refractivity contribution is 6.46. The minimum Gasteiger partial charge on any atom is -0.350 e. The molecule has 0 radical (unpaired) electrons. The Morgan fingerprint density at radius 1 is 0.839 bits per heavy atom. The minimum absolute atomic E-state index is 0.0357. The van der Waals surface area contributed by atoms with Gasteiger partial charge in [0.1, 0.15) is 11.5 Å². The average Bonchev–Trinajstić information content (AvgIpc) is 2.97. The highest BCUT2D eigenvalue weighted by atomic mass is 35.5. The number of amides is 2. The number of anilines is 2. The van der Waals surface area contributed by atoms with Gasteiger partial charge in [0, 0.05) is 16.8 Å². The van der Waals surface area contributed by atoms with E-state index in [1.54, 1.807) is 18.2 Å². The van der Waals surface area contributed by atoms with Gasteiger partial charge in [-0.05, 0) is 54.4 Å². The van der Waals surface area contributed by atoms with Crippen LogP contribution in [-0.2, 0) is 9.59 Å². The van der Waals surface area contributed by atoms with Crippen LogP contribution in [-0.4, -0.2) is 11.8 Å². The Morgan fingerprint density at radius 3 is 2.19 bits per heavy atom. The summed E-state index contributed by atoms with van der Waals surface area (Å²) >= 11 is 6.15. The lowest BCUT2D eigenvalue weighted by Crippen LogP contribution is -2.32. The van der Waals surface area contributed by atoms with Gasteiger partial charge in [-0.1, -0.05) is 29.8 Å². The van der Waals surface area contributed by atoms with Crippen LogP contribution in [0.15, 0.2) is 66.4 Å². The van der Waals surface area contributed by atoms with E-state index in [-0.39, 0.29) is 22.5 Å². The van der Waals surface area contributed by atoms with Gasteiger partial charge in [0.25, 0.3) is 11.8 Å². The fourth-order valence-electron chi connectivity index (χ4n) is 3.20. The van der Waals surface area contributed by atoms with Crippen LogP contribution < -0.4 is 10.2 Å². The molecule has 0 saturated carbocycles. The Hall–Kier alpha value is -3.58. The first-order valence-electron chi connectivity index (χ1n) is 9.13. The molecule has 0 aromatic heterocycles. The molecule has 3 aromatic carbocycles. The van der Waals surface area contributed by atoms with Crippen molar-refractivity contribution in [2.45, 2.75) is 6.92 Å². The molecule has 156 valence electrons. The first kappa shape index (κ1) is 20.7. The van der Waals surface area contributed by atoms with Crippen molar-refractivity contribution < 1.29 is 22.8 Å². The molecular weight excluding hydrogens is 429 g/mol. The van der Waals surface area contributed by atoms with Crippen molar-refractivity contribution in [2.24, 2.45) is 0 Å². The first-order chi connectivity index (χ1) is 14.8. The zero-order valence-electron chi connectivity index (χ0n) is 16.0. The van der Waals surface area contributed by atoms with Crippen LogP contribution in [0.1, 0.15) is 11.1 Å². The van der Waals surface area contributed by atoms with E-state index in [2.05, 4.69) is 5.32 Å². The minimum atomic E-state index is -1.20. The molecule has 2 amide bonds. The number of hydrogen-bond donors (Lipinski definition) is 1. The van der Waals surface area contributed by atoms with Gasteiger partial charge in [0.2, 0.25) is 0 Å². The molecule has 8 heteroatoms. The van der Waals surface area contributed by atoms with Crippen LogP contribution >= 0.6 is 11.6 Å². The van der Waals surface area contributed by atoms with Crippen molar-refractivity contribution in [1.29, 1.82) is 0 Å². The topological polar surface area (TPSA) is 49.4 Å². The Bertz CT molecular complexity index is 1260. The molecule has 1 N–H and O–H groups in total. The van der Waals surface area contributed by atoms with Gasteiger partial charge < -0.3 is 5.32 Å². The van der Waals surface area contributed by atoms with Crippen LogP contribution in [0.2, 0.25) is 5.02 Å². The van der Waals surface area contributed by atoms with Crippen LogP contribution in [0.25, 0.3) is 5.57 Å². The molecule has 0 spiro atoms. The number of imide groups is 1. The number of nitrogens with zero attached hydrogens (tertiary/aromatic N) is 1. The molecule has 0 bridgehead atoms. The largest absolute Gasteiger partial charge is 0.350 e. The zero-order chi connectivity index (χ0) is 22.3. The SMILES string of the molecule is Cc1ccc(NC2=C(c3ccc(F)cc3)C(=O)N(c3ccc(F)c(F)c3)C2=O)cc1Cl. The number of benzene rings is 3.